The van der Waals surface area contributed by atoms with Crippen molar-refractivity contribution in [3.05, 3.63) is 0 Å². The van der Waals surface area contributed by atoms with Crippen molar-refractivity contribution < 1.29 is 9.53 Å². The van der Waals surface area contributed by atoms with E-state index in [0.717, 1.165) is 0 Å². The van der Waals surface area contributed by atoms with Crippen LogP contribution < -0.4 is 0 Å². The maximum absolute atomic E-state index is 12.9. The lowest BCUT2D eigenvalue weighted by Crippen LogP contribution is -2.62. The SMILES string of the molecule is CC(C)(C)OC(=O)C(C(=S)S)([Si](C)(C)C)[Si](C)(C)C. The molecule has 19 heavy (non-hydrogen) atoms. The first kappa shape index (κ1) is 19.3. The average molecular weight is 337 g/mol. The van der Waals surface area contributed by atoms with Gasteiger partial charge in [0.05, 0.1) is 25.0 Å². The zero-order valence-electron chi connectivity index (χ0n) is 13.7. The third-order valence-electron chi connectivity index (χ3n) is 3.28. The molecule has 0 aliphatic rings. The summed E-state index contributed by atoms with van der Waals surface area (Å²) in [6, 6.07) is 0. The minimum absolute atomic E-state index is 0.168. The molecular formula is C13H28O2S2Si2. The van der Waals surface area contributed by atoms with E-state index >= 15 is 0 Å². The summed E-state index contributed by atoms with van der Waals surface area (Å²) in [6.45, 7) is 18.8. The summed E-state index contributed by atoms with van der Waals surface area (Å²) in [5, 5.41) is 0. The first-order chi connectivity index (χ1) is 8.07. The molecule has 0 aliphatic carbocycles. The number of thiol groups is 1. The van der Waals surface area contributed by atoms with E-state index in [4.69, 9.17) is 17.0 Å². The zero-order valence-corrected chi connectivity index (χ0v) is 17.4. The molecule has 112 valence electrons. The molecule has 0 aromatic heterocycles. The lowest BCUT2D eigenvalue weighted by Gasteiger charge is -2.49. The Morgan fingerprint density at radius 2 is 1.32 bits per heavy atom. The Hall–Kier alpha value is 0.344. The minimum atomic E-state index is -1.93. The third kappa shape index (κ3) is 3.92. The summed E-state index contributed by atoms with van der Waals surface area (Å²) in [5.41, 5.74) is -0.500. The first-order valence-corrected chi connectivity index (χ1v) is 14.4. The molecule has 6 heteroatoms. The van der Waals surface area contributed by atoms with Crippen LogP contribution in [-0.4, -0.2) is 31.9 Å². The molecule has 0 fully saturated rings. The van der Waals surface area contributed by atoms with Crippen LogP contribution in [0.25, 0.3) is 0 Å². The van der Waals surface area contributed by atoms with Crippen LogP contribution in [0.5, 0.6) is 0 Å². The Balaban J connectivity index is 6.06. The van der Waals surface area contributed by atoms with Crippen LogP contribution in [0, 0.1) is 0 Å². The quantitative estimate of drug-likeness (QED) is 0.353. The van der Waals surface area contributed by atoms with E-state index < -0.39 is 26.4 Å². The number of hydrogen-bond acceptors (Lipinski definition) is 3. The molecule has 0 rings (SSSR count). The Labute approximate surface area is 131 Å². The molecule has 0 heterocycles. The van der Waals surface area contributed by atoms with E-state index in [-0.39, 0.29) is 5.97 Å². The molecule has 0 saturated carbocycles. The van der Waals surface area contributed by atoms with Gasteiger partial charge in [-0.05, 0) is 20.8 Å². The van der Waals surface area contributed by atoms with Crippen LogP contribution in [0.3, 0.4) is 0 Å². The molecule has 0 atom stereocenters. The van der Waals surface area contributed by atoms with Crippen molar-refractivity contribution in [1.82, 2.24) is 0 Å². The standard InChI is InChI=1S/C13H28O2S2Si2/c1-12(2,3)15-10(14)13(11(16)17,18(4,5)6)19(7,8)9/h1-9H3,(H,16,17). The highest BCUT2D eigenvalue weighted by atomic mass is 32.1. The van der Waals surface area contributed by atoms with Crippen molar-refractivity contribution >= 4 is 51.2 Å². The second-order valence-corrected chi connectivity index (χ2v) is 20.2. The Morgan fingerprint density at radius 1 is 1.00 bits per heavy atom. The number of rotatable bonds is 4. The van der Waals surface area contributed by atoms with E-state index in [1.165, 1.54) is 0 Å². The molecule has 2 nitrogen and oxygen atoms in total. The predicted octanol–water partition coefficient (Wildman–Crippen LogP) is 4.54. The van der Waals surface area contributed by atoms with E-state index in [9.17, 15) is 4.79 Å². The number of thiocarbonyl (C=S) groups is 1. The lowest BCUT2D eigenvalue weighted by atomic mass is 10.2. The number of hydrogen-bond donors (Lipinski definition) is 1. The molecule has 0 aromatic rings. The average Bonchev–Trinajstić information content (AvgIpc) is 1.91. The summed E-state index contributed by atoms with van der Waals surface area (Å²) in [4.78, 5) is 12.9. The fourth-order valence-corrected chi connectivity index (χ4v) is 18.5. The van der Waals surface area contributed by atoms with E-state index in [1.54, 1.807) is 0 Å². The summed E-state index contributed by atoms with van der Waals surface area (Å²) in [6.07, 6.45) is 0. The molecular weight excluding hydrogens is 308 g/mol. The van der Waals surface area contributed by atoms with Crippen molar-refractivity contribution in [3.8, 4) is 0 Å². The molecule has 0 bridgehead atoms. The second-order valence-electron chi connectivity index (χ2n) is 8.06. The van der Waals surface area contributed by atoms with Gasteiger partial charge in [0.25, 0.3) is 0 Å². The lowest BCUT2D eigenvalue weighted by molar-refractivity contribution is -0.154. The fraction of sp³-hybridized carbons (Fsp3) is 0.846. The molecule has 0 unspecified atom stereocenters. The number of carbonyl (C=O) groups is 1. The van der Waals surface area contributed by atoms with Gasteiger partial charge in [0, 0.05) is 0 Å². The molecule has 0 radical (unpaired) electrons. The smallest absolute Gasteiger partial charge is 0.312 e. The van der Waals surface area contributed by atoms with E-state index in [1.807, 2.05) is 20.8 Å². The van der Waals surface area contributed by atoms with Crippen LogP contribution in [0.2, 0.25) is 43.9 Å². The van der Waals surface area contributed by atoms with Gasteiger partial charge in [-0.3, -0.25) is 4.79 Å². The van der Waals surface area contributed by atoms with Crippen molar-refractivity contribution in [3.63, 3.8) is 0 Å². The first-order valence-electron chi connectivity index (χ1n) is 6.54. The zero-order chi connectivity index (χ0) is 15.9. The summed E-state index contributed by atoms with van der Waals surface area (Å²) in [5.74, 6) is -0.168. The monoisotopic (exact) mass is 336 g/mol. The summed E-state index contributed by atoms with van der Waals surface area (Å²) in [7, 11) is -3.86. The molecule has 0 aliphatic heterocycles. The largest absolute Gasteiger partial charge is 0.460 e. The number of ether oxygens (including phenoxy) is 1. The minimum Gasteiger partial charge on any atom is -0.460 e. The second kappa shape index (κ2) is 5.62. The van der Waals surface area contributed by atoms with Gasteiger partial charge < -0.3 is 4.74 Å². The molecule has 0 amide bonds. The van der Waals surface area contributed by atoms with Gasteiger partial charge in [0.15, 0.2) is 0 Å². The van der Waals surface area contributed by atoms with Crippen molar-refractivity contribution in [2.24, 2.45) is 0 Å². The topological polar surface area (TPSA) is 26.3 Å². The highest BCUT2D eigenvalue weighted by Gasteiger charge is 2.61. The van der Waals surface area contributed by atoms with Crippen LogP contribution >= 0.6 is 24.8 Å². The number of carbonyl (C=O) groups excluding carboxylic acids is 1. The van der Waals surface area contributed by atoms with Gasteiger partial charge in [0.2, 0.25) is 0 Å². The molecule has 0 saturated heterocycles. The fourth-order valence-electron chi connectivity index (χ4n) is 2.82. The summed E-state index contributed by atoms with van der Waals surface area (Å²) >= 11 is 9.88. The number of esters is 1. The van der Waals surface area contributed by atoms with Crippen LogP contribution in [0.1, 0.15) is 20.8 Å². The van der Waals surface area contributed by atoms with Crippen LogP contribution in [0.15, 0.2) is 0 Å². The van der Waals surface area contributed by atoms with Crippen LogP contribution in [0.4, 0.5) is 0 Å². The highest BCUT2D eigenvalue weighted by Crippen LogP contribution is 2.50. The van der Waals surface area contributed by atoms with Gasteiger partial charge >= 0.3 is 5.97 Å². The van der Waals surface area contributed by atoms with Crippen LogP contribution in [-0.2, 0) is 9.53 Å². The maximum atomic E-state index is 12.9. The Kier molecular flexibility index (Phi) is 5.72. The van der Waals surface area contributed by atoms with Gasteiger partial charge in [-0.2, -0.15) is 0 Å². The Morgan fingerprint density at radius 3 is 1.47 bits per heavy atom. The van der Waals surface area contributed by atoms with Crippen molar-refractivity contribution in [2.45, 2.75) is 70.3 Å². The van der Waals surface area contributed by atoms with Crippen molar-refractivity contribution in [1.29, 1.82) is 0 Å². The maximum Gasteiger partial charge on any atom is 0.312 e. The normalized spacial score (nSPS) is 14.2. The van der Waals surface area contributed by atoms with Crippen molar-refractivity contribution in [2.75, 3.05) is 0 Å². The molecule has 0 aromatic carbocycles. The predicted molar refractivity (Wildman–Crippen MR) is 96.8 cm³/mol. The van der Waals surface area contributed by atoms with Gasteiger partial charge in [-0.1, -0.05) is 51.5 Å². The van der Waals surface area contributed by atoms with E-state index in [2.05, 4.69) is 51.9 Å². The molecule has 0 spiro atoms. The van der Waals surface area contributed by atoms with Gasteiger partial charge in [0.1, 0.15) is 5.60 Å². The molecule has 0 N–H and O–H groups in total. The summed E-state index contributed by atoms with van der Waals surface area (Å²) < 4.78 is 5.58. The third-order valence-corrected chi connectivity index (χ3v) is 14.6. The van der Waals surface area contributed by atoms with Gasteiger partial charge in [-0.15, -0.1) is 12.6 Å². The Bertz CT molecular complexity index is 360. The van der Waals surface area contributed by atoms with Gasteiger partial charge in [-0.25, -0.2) is 0 Å². The van der Waals surface area contributed by atoms with E-state index in [0.29, 0.717) is 4.20 Å². The highest BCUT2D eigenvalue weighted by molar-refractivity contribution is 8.12.